The Labute approximate surface area is 195 Å². The third kappa shape index (κ3) is 6.28. The van der Waals surface area contributed by atoms with Gasteiger partial charge >= 0.3 is 0 Å². The molecule has 0 aliphatic carbocycles. The summed E-state index contributed by atoms with van der Waals surface area (Å²) in [5, 5.41) is 0. The lowest BCUT2D eigenvalue weighted by atomic mass is 10.1. The van der Waals surface area contributed by atoms with Gasteiger partial charge in [-0.25, -0.2) is 0 Å². The summed E-state index contributed by atoms with van der Waals surface area (Å²) in [6.45, 7) is 6.60. The van der Waals surface area contributed by atoms with Crippen molar-refractivity contribution >= 4 is 29.1 Å². The Kier molecular flexibility index (Phi) is 9.03. The molecular formula is C26H33NO4S. The first-order valence-electron chi connectivity index (χ1n) is 11.5. The van der Waals surface area contributed by atoms with Crippen LogP contribution < -0.4 is 4.74 Å². The lowest BCUT2D eigenvalue weighted by molar-refractivity contribution is -0.136. The van der Waals surface area contributed by atoms with Gasteiger partial charge in [0.2, 0.25) is 0 Å². The molecule has 2 aromatic rings. The molecule has 2 amide bonds. The van der Waals surface area contributed by atoms with Gasteiger partial charge in [-0.1, -0.05) is 51.2 Å². The number of imide groups is 1. The Morgan fingerprint density at radius 3 is 2.34 bits per heavy atom. The van der Waals surface area contributed by atoms with Crippen molar-refractivity contribution in [2.45, 2.75) is 71.2 Å². The second-order valence-corrected chi connectivity index (χ2v) is 9.28. The molecule has 2 heterocycles. The van der Waals surface area contributed by atoms with Crippen molar-refractivity contribution in [1.82, 2.24) is 4.90 Å². The number of carbonyl (C=O) groups excluding carboxylic acids is 2. The van der Waals surface area contributed by atoms with Crippen LogP contribution in [-0.2, 0) is 15.3 Å². The van der Waals surface area contributed by atoms with Crippen LogP contribution in [0.1, 0.15) is 70.6 Å². The van der Waals surface area contributed by atoms with Crippen LogP contribution in [0.15, 0.2) is 52.0 Å². The van der Waals surface area contributed by atoms with Crippen LogP contribution in [0.4, 0.5) is 0 Å². The number of amides is 2. The maximum Gasteiger partial charge on any atom is 0.267 e. The smallest absolute Gasteiger partial charge is 0.267 e. The molecule has 1 aliphatic heterocycles. The number of nitrogens with zero attached hydrogens (tertiary/aromatic N) is 1. The van der Waals surface area contributed by atoms with E-state index in [4.69, 9.17) is 9.15 Å². The zero-order chi connectivity index (χ0) is 22.9. The fourth-order valence-electron chi connectivity index (χ4n) is 3.71. The minimum atomic E-state index is -0.206. The summed E-state index contributed by atoms with van der Waals surface area (Å²) < 4.78 is 11.1. The van der Waals surface area contributed by atoms with Crippen LogP contribution in [0.3, 0.4) is 0 Å². The molecule has 0 spiro atoms. The van der Waals surface area contributed by atoms with Crippen molar-refractivity contribution in [1.29, 1.82) is 0 Å². The molecule has 172 valence electrons. The van der Waals surface area contributed by atoms with Crippen molar-refractivity contribution in [2.24, 2.45) is 0 Å². The highest BCUT2D eigenvalue weighted by Gasteiger charge is 2.38. The van der Waals surface area contributed by atoms with Crippen LogP contribution in [0.5, 0.6) is 5.75 Å². The minimum Gasteiger partial charge on any atom is -0.491 e. The first-order valence-corrected chi connectivity index (χ1v) is 12.5. The highest BCUT2D eigenvalue weighted by atomic mass is 32.2. The van der Waals surface area contributed by atoms with Gasteiger partial charge < -0.3 is 9.15 Å². The average Bonchev–Trinajstić information content (AvgIpc) is 3.36. The molecule has 3 rings (SSSR count). The van der Waals surface area contributed by atoms with Gasteiger partial charge in [-0.2, -0.15) is 0 Å². The van der Waals surface area contributed by atoms with Gasteiger partial charge in [0.05, 0.1) is 28.6 Å². The number of rotatable bonds is 13. The summed E-state index contributed by atoms with van der Waals surface area (Å²) >= 11 is 1.37. The molecule has 0 N–H and O–H groups in total. The second kappa shape index (κ2) is 12.0. The first-order chi connectivity index (χ1) is 15.5. The number of thioether (sulfide) groups is 1. The molecule has 0 unspecified atom stereocenters. The zero-order valence-corrected chi connectivity index (χ0v) is 20.1. The molecule has 1 aliphatic rings. The predicted octanol–water partition coefficient (Wildman–Crippen LogP) is 6.44. The van der Waals surface area contributed by atoms with E-state index in [1.54, 1.807) is 6.26 Å². The lowest BCUT2D eigenvalue weighted by Gasteiger charge is -2.15. The SMILES string of the molecule is CCCCCCCCN1C(=O)C(SCc2ccco2)=C(c2ccc(OC(C)C)cc2)C1=O. The van der Waals surface area contributed by atoms with Gasteiger partial charge in [0.1, 0.15) is 11.5 Å². The molecule has 0 saturated heterocycles. The monoisotopic (exact) mass is 455 g/mol. The van der Waals surface area contributed by atoms with E-state index in [1.165, 1.54) is 35.9 Å². The molecule has 1 aromatic heterocycles. The maximum atomic E-state index is 13.3. The largest absolute Gasteiger partial charge is 0.491 e. The van der Waals surface area contributed by atoms with E-state index in [9.17, 15) is 9.59 Å². The number of hydrogen-bond donors (Lipinski definition) is 0. The standard InChI is InChI=1S/C26H33NO4S/c1-4-5-6-7-8-9-16-27-25(28)23(20-12-14-21(15-13-20)31-19(2)3)24(26(27)29)32-18-22-11-10-17-30-22/h10-15,17,19H,4-9,16,18H2,1-3H3. The molecule has 1 aromatic carbocycles. The van der Waals surface area contributed by atoms with E-state index in [1.807, 2.05) is 50.2 Å². The van der Waals surface area contributed by atoms with E-state index in [0.717, 1.165) is 36.3 Å². The Hall–Kier alpha value is -2.47. The van der Waals surface area contributed by atoms with Crippen molar-refractivity contribution in [3.63, 3.8) is 0 Å². The molecule has 0 saturated carbocycles. The summed E-state index contributed by atoms with van der Waals surface area (Å²) in [4.78, 5) is 28.4. The summed E-state index contributed by atoms with van der Waals surface area (Å²) in [6.07, 6.45) is 8.34. The topological polar surface area (TPSA) is 59.8 Å². The molecule has 0 radical (unpaired) electrons. The van der Waals surface area contributed by atoms with Crippen molar-refractivity contribution in [3.05, 3.63) is 58.9 Å². The first kappa shape index (κ1) is 24.2. The molecule has 5 nitrogen and oxygen atoms in total. The second-order valence-electron chi connectivity index (χ2n) is 8.29. The Morgan fingerprint density at radius 1 is 0.969 bits per heavy atom. The Morgan fingerprint density at radius 2 is 1.69 bits per heavy atom. The average molecular weight is 456 g/mol. The van der Waals surface area contributed by atoms with Crippen LogP contribution in [-0.4, -0.2) is 29.4 Å². The van der Waals surface area contributed by atoms with Crippen LogP contribution >= 0.6 is 11.8 Å². The number of carbonyl (C=O) groups is 2. The van der Waals surface area contributed by atoms with Crippen molar-refractivity contribution < 1.29 is 18.7 Å². The van der Waals surface area contributed by atoms with Gasteiger partial charge in [0.25, 0.3) is 11.8 Å². The van der Waals surface area contributed by atoms with Crippen molar-refractivity contribution in [2.75, 3.05) is 6.54 Å². The summed E-state index contributed by atoms with van der Waals surface area (Å²) in [5.74, 6) is 1.62. The number of hydrogen-bond acceptors (Lipinski definition) is 5. The molecular weight excluding hydrogens is 422 g/mol. The van der Waals surface area contributed by atoms with E-state index in [0.29, 0.717) is 22.8 Å². The summed E-state index contributed by atoms with van der Waals surface area (Å²) in [7, 11) is 0. The maximum absolute atomic E-state index is 13.3. The van der Waals surface area contributed by atoms with E-state index in [-0.39, 0.29) is 17.9 Å². The van der Waals surface area contributed by atoms with Gasteiger partial charge in [0, 0.05) is 6.54 Å². The van der Waals surface area contributed by atoms with E-state index < -0.39 is 0 Å². The van der Waals surface area contributed by atoms with E-state index in [2.05, 4.69) is 6.92 Å². The molecule has 0 fully saturated rings. The van der Waals surface area contributed by atoms with Crippen LogP contribution in [0.2, 0.25) is 0 Å². The van der Waals surface area contributed by atoms with Gasteiger partial charge in [-0.3, -0.25) is 14.5 Å². The lowest BCUT2D eigenvalue weighted by Crippen LogP contribution is -2.32. The van der Waals surface area contributed by atoms with Gasteiger partial charge in [0.15, 0.2) is 0 Å². The Bertz CT molecular complexity index is 916. The third-order valence-corrected chi connectivity index (χ3v) is 6.41. The Balaban J connectivity index is 1.76. The molecule has 0 atom stereocenters. The third-order valence-electron chi connectivity index (χ3n) is 5.31. The summed E-state index contributed by atoms with van der Waals surface area (Å²) in [6, 6.07) is 11.1. The number of benzene rings is 1. The molecule has 32 heavy (non-hydrogen) atoms. The molecule has 0 bridgehead atoms. The predicted molar refractivity (Wildman–Crippen MR) is 129 cm³/mol. The number of unbranched alkanes of at least 4 members (excludes halogenated alkanes) is 5. The van der Waals surface area contributed by atoms with Crippen LogP contribution in [0, 0.1) is 0 Å². The van der Waals surface area contributed by atoms with Gasteiger partial charge in [-0.05, 0) is 50.1 Å². The number of furan rings is 1. The summed E-state index contributed by atoms with van der Waals surface area (Å²) in [5.41, 5.74) is 1.22. The minimum absolute atomic E-state index is 0.0713. The van der Waals surface area contributed by atoms with Crippen molar-refractivity contribution in [3.8, 4) is 5.75 Å². The number of ether oxygens (including phenoxy) is 1. The van der Waals surface area contributed by atoms with E-state index >= 15 is 0 Å². The highest BCUT2D eigenvalue weighted by Crippen LogP contribution is 2.38. The fraction of sp³-hybridized carbons (Fsp3) is 0.462. The quantitative estimate of drug-likeness (QED) is 0.257. The highest BCUT2D eigenvalue weighted by molar-refractivity contribution is 8.03. The zero-order valence-electron chi connectivity index (χ0n) is 19.3. The fourth-order valence-corrected chi connectivity index (χ4v) is 4.74. The molecule has 6 heteroatoms. The normalized spacial score (nSPS) is 14.2. The van der Waals surface area contributed by atoms with Crippen LogP contribution in [0.25, 0.3) is 5.57 Å². The van der Waals surface area contributed by atoms with Gasteiger partial charge in [-0.15, -0.1) is 11.8 Å².